The molecule has 0 saturated heterocycles. The van der Waals surface area contributed by atoms with Gasteiger partial charge in [-0.1, -0.05) is 19.1 Å². The number of amides is 1. The van der Waals surface area contributed by atoms with Crippen LogP contribution in [0.3, 0.4) is 0 Å². The SMILES string of the molecule is CCC(C)NC(=O)c1cccc(CNc2nc(-c3cc(F)cc(F)c3)ns2)c1. The van der Waals surface area contributed by atoms with Gasteiger partial charge in [-0.3, -0.25) is 4.79 Å². The molecule has 2 aromatic carbocycles. The quantitative estimate of drug-likeness (QED) is 0.605. The molecule has 0 bridgehead atoms. The summed E-state index contributed by atoms with van der Waals surface area (Å²) in [6.45, 7) is 4.41. The number of aromatic nitrogens is 2. The molecule has 28 heavy (non-hydrogen) atoms. The Bertz CT molecular complexity index is 956. The van der Waals surface area contributed by atoms with Crippen LogP contribution in [0, 0.1) is 11.6 Å². The van der Waals surface area contributed by atoms with Crippen molar-refractivity contribution in [2.24, 2.45) is 0 Å². The third kappa shape index (κ3) is 5.10. The van der Waals surface area contributed by atoms with Gasteiger partial charge in [0, 0.05) is 41.3 Å². The lowest BCUT2D eigenvalue weighted by Gasteiger charge is -2.12. The van der Waals surface area contributed by atoms with Crippen molar-refractivity contribution >= 4 is 22.6 Å². The summed E-state index contributed by atoms with van der Waals surface area (Å²) in [7, 11) is 0. The molecular formula is C20H20F2N4OS. The molecule has 1 atom stereocenters. The van der Waals surface area contributed by atoms with Gasteiger partial charge in [0.25, 0.3) is 5.91 Å². The maximum absolute atomic E-state index is 13.4. The molecule has 1 amide bonds. The van der Waals surface area contributed by atoms with Crippen LogP contribution in [-0.2, 0) is 6.54 Å². The Kier molecular flexibility index (Phi) is 6.30. The molecular weight excluding hydrogens is 382 g/mol. The van der Waals surface area contributed by atoms with Crippen LogP contribution in [0.1, 0.15) is 36.2 Å². The van der Waals surface area contributed by atoms with Crippen LogP contribution >= 0.6 is 11.5 Å². The van der Waals surface area contributed by atoms with E-state index in [-0.39, 0.29) is 23.3 Å². The number of nitrogens with zero attached hydrogens (tertiary/aromatic N) is 2. The summed E-state index contributed by atoms with van der Waals surface area (Å²) >= 11 is 1.10. The van der Waals surface area contributed by atoms with E-state index in [0.717, 1.165) is 29.6 Å². The number of halogens is 2. The molecule has 3 rings (SSSR count). The fourth-order valence-corrected chi connectivity index (χ4v) is 3.09. The van der Waals surface area contributed by atoms with Gasteiger partial charge in [-0.2, -0.15) is 9.36 Å². The summed E-state index contributed by atoms with van der Waals surface area (Å²) < 4.78 is 30.8. The van der Waals surface area contributed by atoms with Crippen LogP contribution in [0.5, 0.6) is 0 Å². The van der Waals surface area contributed by atoms with Crippen LogP contribution in [0.2, 0.25) is 0 Å². The minimum absolute atomic E-state index is 0.109. The molecule has 0 spiro atoms. The van der Waals surface area contributed by atoms with Crippen molar-refractivity contribution in [2.45, 2.75) is 32.9 Å². The minimum Gasteiger partial charge on any atom is -0.356 e. The topological polar surface area (TPSA) is 66.9 Å². The first-order chi connectivity index (χ1) is 13.4. The molecule has 5 nitrogen and oxygen atoms in total. The van der Waals surface area contributed by atoms with Gasteiger partial charge in [0.2, 0.25) is 5.13 Å². The summed E-state index contributed by atoms with van der Waals surface area (Å²) in [4.78, 5) is 16.5. The van der Waals surface area contributed by atoms with E-state index in [2.05, 4.69) is 20.0 Å². The summed E-state index contributed by atoms with van der Waals surface area (Å²) in [5.41, 5.74) is 1.78. The number of anilines is 1. The van der Waals surface area contributed by atoms with Crippen LogP contribution in [-0.4, -0.2) is 21.3 Å². The molecule has 0 aliphatic carbocycles. The highest BCUT2D eigenvalue weighted by Crippen LogP contribution is 2.23. The Morgan fingerprint density at radius 3 is 2.64 bits per heavy atom. The third-order valence-electron chi connectivity index (χ3n) is 4.17. The van der Waals surface area contributed by atoms with Gasteiger partial charge < -0.3 is 10.6 Å². The van der Waals surface area contributed by atoms with E-state index in [4.69, 9.17) is 0 Å². The lowest BCUT2D eigenvalue weighted by Crippen LogP contribution is -2.31. The lowest BCUT2D eigenvalue weighted by molar-refractivity contribution is 0.0939. The Labute approximate surface area is 166 Å². The first-order valence-electron chi connectivity index (χ1n) is 8.88. The minimum atomic E-state index is -0.674. The highest BCUT2D eigenvalue weighted by Gasteiger charge is 2.11. The second-order valence-electron chi connectivity index (χ2n) is 6.42. The molecule has 0 fully saturated rings. The number of nitrogens with one attached hydrogen (secondary N) is 2. The maximum atomic E-state index is 13.4. The molecule has 1 unspecified atom stereocenters. The number of hydrogen-bond donors (Lipinski definition) is 2. The van der Waals surface area contributed by atoms with Crippen molar-refractivity contribution in [1.82, 2.24) is 14.7 Å². The zero-order valence-corrected chi connectivity index (χ0v) is 16.3. The van der Waals surface area contributed by atoms with Crippen molar-refractivity contribution in [3.63, 3.8) is 0 Å². The summed E-state index contributed by atoms with van der Waals surface area (Å²) in [5, 5.41) is 6.58. The van der Waals surface area contributed by atoms with Crippen molar-refractivity contribution in [3.8, 4) is 11.4 Å². The maximum Gasteiger partial charge on any atom is 0.251 e. The predicted molar refractivity (Wildman–Crippen MR) is 106 cm³/mol. The van der Waals surface area contributed by atoms with Crippen LogP contribution < -0.4 is 10.6 Å². The van der Waals surface area contributed by atoms with E-state index in [1.165, 1.54) is 12.1 Å². The van der Waals surface area contributed by atoms with E-state index < -0.39 is 11.6 Å². The zero-order valence-electron chi connectivity index (χ0n) is 15.5. The molecule has 8 heteroatoms. The number of hydrogen-bond acceptors (Lipinski definition) is 5. The van der Waals surface area contributed by atoms with Crippen LogP contribution in [0.25, 0.3) is 11.4 Å². The second-order valence-corrected chi connectivity index (χ2v) is 7.17. The molecule has 146 valence electrons. The van der Waals surface area contributed by atoms with Gasteiger partial charge in [0.05, 0.1) is 0 Å². The number of rotatable bonds is 7. The molecule has 0 radical (unpaired) electrons. The van der Waals surface area contributed by atoms with E-state index in [0.29, 0.717) is 17.2 Å². The van der Waals surface area contributed by atoms with Gasteiger partial charge in [-0.25, -0.2) is 8.78 Å². The van der Waals surface area contributed by atoms with E-state index in [1.54, 1.807) is 6.07 Å². The first-order valence-corrected chi connectivity index (χ1v) is 9.65. The van der Waals surface area contributed by atoms with Gasteiger partial charge in [-0.05, 0) is 43.2 Å². The van der Waals surface area contributed by atoms with Crippen molar-refractivity contribution in [1.29, 1.82) is 0 Å². The summed E-state index contributed by atoms with van der Waals surface area (Å²) in [6, 6.07) is 10.6. The van der Waals surface area contributed by atoms with Crippen LogP contribution in [0.4, 0.5) is 13.9 Å². The smallest absolute Gasteiger partial charge is 0.251 e. The Balaban J connectivity index is 1.66. The Hall–Kier alpha value is -2.87. The average molecular weight is 402 g/mol. The first kappa shape index (κ1) is 19.9. The molecule has 2 N–H and O–H groups in total. The number of benzene rings is 2. The standard InChI is InChI=1S/C20H20F2N4OS/c1-3-12(2)24-19(27)14-6-4-5-13(7-14)11-23-20-25-18(26-28-20)15-8-16(21)10-17(22)9-15/h4-10,12H,3,11H2,1-2H3,(H,24,27)(H,23,25,26). The van der Waals surface area contributed by atoms with Crippen molar-refractivity contribution in [3.05, 3.63) is 65.2 Å². The van der Waals surface area contributed by atoms with Crippen molar-refractivity contribution in [2.75, 3.05) is 5.32 Å². The van der Waals surface area contributed by atoms with Crippen molar-refractivity contribution < 1.29 is 13.6 Å². The van der Waals surface area contributed by atoms with Gasteiger partial charge >= 0.3 is 0 Å². The molecule has 0 aliphatic rings. The second kappa shape index (κ2) is 8.88. The molecule has 1 aromatic heterocycles. The number of carbonyl (C=O) groups is 1. The third-order valence-corrected chi connectivity index (χ3v) is 4.84. The Morgan fingerprint density at radius 2 is 1.93 bits per heavy atom. The Morgan fingerprint density at radius 1 is 1.18 bits per heavy atom. The summed E-state index contributed by atoms with van der Waals surface area (Å²) in [5.74, 6) is -1.20. The molecule has 0 aliphatic heterocycles. The van der Waals surface area contributed by atoms with E-state index >= 15 is 0 Å². The largest absolute Gasteiger partial charge is 0.356 e. The highest BCUT2D eigenvalue weighted by atomic mass is 32.1. The lowest BCUT2D eigenvalue weighted by atomic mass is 10.1. The average Bonchev–Trinajstić information content (AvgIpc) is 3.15. The zero-order chi connectivity index (χ0) is 20.1. The monoisotopic (exact) mass is 402 g/mol. The highest BCUT2D eigenvalue weighted by molar-refractivity contribution is 7.09. The van der Waals surface area contributed by atoms with E-state index in [9.17, 15) is 13.6 Å². The predicted octanol–water partition coefficient (Wildman–Crippen LogP) is 4.62. The fraction of sp³-hybridized carbons (Fsp3) is 0.250. The van der Waals surface area contributed by atoms with Crippen LogP contribution in [0.15, 0.2) is 42.5 Å². The fourth-order valence-electron chi connectivity index (χ4n) is 2.50. The molecule has 1 heterocycles. The summed E-state index contributed by atoms with van der Waals surface area (Å²) in [6.07, 6.45) is 0.863. The molecule has 3 aromatic rings. The van der Waals surface area contributed by atoms with E-state index in [1.807, 2.05) is 32.0 Å². The number of carbonyl (C=O) groups excluding carboxylic acids is 1. The molecule has 0 saturated carbocycles. The van der Waals surface area contributed by atoms with Gasteiger partial charge in [0.1, 0.15) is 11.6 Å². The normalized spacial score (nSPS) is 11.9. The van der Waals surface area contributed by atoms with Gasteiger partial charge in [0.15, 0.2) is 5.82 Å². The van der Waals surface area contributed by atoms with Gasteiger partial charge in [-0.15, -0.1) is 0 Å².